The summed E-state index contributed by atoms with van der Waals surface area (Å²) in [6, 6.07) is 2.25. The van der Waals surface area contributed by atoms with Gasteiger partial charge in [0, 0.05) is 12.6 Å². The van der Waals surface area contributed by atoms with Crippen molar-refractivity contribution in [1.82, 2.24) is 4.90 Å². The lowest BCUT2D eigenvalue weighted by atomic mass is 10.2. The molecule has 1 aromatic rings. The molecule has 8 heteroatoms. The van der Waals surface area contributed by atoms with Crippen LogP contribution in [0.2, 0.25) is 0 Å². The fourth-order valence-electron chi connectivity index (χ4n) is 1.51. The van der Waals surface area contributed by atoms with E-state index in [1.165, 1.54) is 0 Å². The maximum Gasteiger partial charge on any atom is 0.416 e. The number of hydrogen-bond acceptors (Lipinski definition) is 4. The Morgan fingerprint density at radius 1 is 1.30 bits per heavy atom. The second kappa shape index (κ2) is 6.56. The van der Waals surface area contributed by atoms with E-state index in [-0.39, 0.29) is 12.4 Å². The van der Waals surface area contributed by atoms with Crippen molar-refractivity contribution in [2.24, 2.45) is 0 Å². The molecular weight excluding hydrogens is 277 g/mol. The molecule has 0 aromatic heterocycles. The van der Waals surface area contributed by atoms with Crippen molar-refractivity contribution in [2.45, 2.75) is 12.6 Å². The number of hydrogen-bond donors (Lipinski definition) is 0. The van der Waals surface area contributed by atoms with Gasteiger partial charge in [0.1, 0.15) is 5.75 Å². The molecule has 1 rings (SSSR count). The van der Waals surface area contributed by atoms with Crippen LogP contribution in [0.4, 0.5) is 18.9 Å². The van der Waals surface area contributed by atoms with Gasteiger partial charge in [-0.25, -0.2) is 0 Å². The standard InChI is InChI=1S/C12H15F3N2O3/c1-16(2)4-3-5-20-11-7-9(12(13,14)15)6-10(8-11)17(18)19/h6-8H,3-5H2,1-2H3. The molecule has 0 unspecified atom stereocenters. The molecular formula is C12H15F3N2O3. The zero-order valence-electron chi connectivity index (χ0n) is 11.1. The van der Waals surface area contributed by atoms with Crippen molar-refractivity contribution in [3.8, 4) is 5.75 Å². The molecule has 0 heterocycles. The molecule has 20 heavy (non-hydrogen) atoms. The quantitative estimate of drug-likeness (QED) is 0.459. The van der Waals surface area contributed by atoms with Gasteiger partial charge in [-0.05, 0) is 26.6 Å². The maximum absolute atomic E-state index is 12.6. The van der Waals surface area contributed by atoms with E-state index in [1.54, 1.807) is 0 Å². The van der Waals surface area contributed by atoms with Crippen molar-refractivity contribution in [3.63, 3.8) is 0 Å². The average Bonchev–Trinajstić information content (AvgIpc) is 2.33. The van der Waals surface area contributed by atoms with Gasteiger partial charge in [0.25, 0.3) is 5.69 Å². The molecule has 0 amide bonds. The largest absolute Gasteiger partial charge is 0.493 e. The van der Waals surface area contributed by atoms with Gasteiger partial charge in [-0.1, -0.05) is 0 Å². The summed E-state index contributed by atoms with van der Waals surface area (Å²) in [5.41, 5.74) is -1.73. The molecule has 0 spiro atoms. The van der Waals surface area contributed by atoms with Gasteiger partial charge in [0.15, 0.2) is 0 Å². The van der Waals surface area contributed by atoms with Gasteiger partial charge in [0.05, 0.1) is 23.2 Å². The van der Waals surface area contributed by atoms with Crippen molar-refractivity contribution in [3.05, 3.63) is 33.9 Å². The van der Waals surface area contributed by atoms with E-state index >= 15 is 0 Å². The van der Waals surface area contributed by atoms with Crippen LogP contribution in [0.3, 0.4) is 0 Å². The molecule has 0 radical (unpaired) electrons. The summed E-state index contributed by atoms with van der Waals surface area (Å²) in [6.07, 6.45) is -4.04. The Balaban J connectivity index is 2.84. The summed E-state index contributed by atoms with van der Waals surface area (Å²) >= 11 is 0. The summed E-state index contributed by atoms with van der Waals surface area (Å²) in [4.78, 5) is 11.7. The molecule has 0 aliphatic heterocycles. The third kappa shape index (κ3) is 5.04. The predicted molar refractivity (Wildman–Crippen MR) is 66.8 cm³/mol. The molecule has 1 aromatic carbocycles. The monoisotopic (exact) mass is 292 g/mol. The van der Waals surface area contributed by atoms with E-state index in [4.69, 9.17) is 4.74 Å². The number of nitro benzene ring substituents is 1. The first-order valence-corrected chi connectivity index (χ1v) is 5.84. The van der Waals surface area contributed by atoms with E-state index in [0.29, 0.717) is 19.0 Å². The van der Waals surface area contributed by atoms with Crippen LogP contribution in [-0.2, 0) is 6.18 Å². The van der Waals surface area contributed by atoms with Crippen LogP contribution in [0, 0.1) is 10.1 Å². The van der Waals surface area contributed by atoms with Crippen molar-refractivity contribution >= 4 is 5.69 Å². The van der Waals surface area contributed by atoms with Crippen molar-refractivity contribution in [1.29, 1.82) is 0 Å². The van der Waals surface area contributed by atoms with Gasteiger partial charge < -0.3 is 9.64 Å². The number of nitrogens with zero attached hydrogens (tertiary/aromatic N) is 2. The highest BCUT2D eigenvalue weighted by molar-refractivity contribution is 5.43. The fourth-order valence-corrected chi connectivity index (χ4v) is 1.51. The lowest BCUT2D eigenvalue weighted by Gasteiger charge is -2.12. The van der Waals surface area contributed by atoms with E-state index in [9.17, 15) is 23.3 Å². The Hall–Kier alpha value is -1.83. The number of rotatable bonds is 6. The molecule has 112 valence electrons. The Bertz CT molecular complexity index is 476. The Morgan fingerprint density at radius 3 is 2.45 bits per heavy atom. The molecule has 0 N–H and O–H groups in total. The Labute approximate surface area is 114 Å². The second-order valence-corrected chi connectivity index (χ2v) is 4.48. The zero-order valence-corrected chi connectivity index (χ0v) is 11.1. The SMILES string of the molecule is CN(C)CCCOc1cc([N+](=O)[O-])cc(C(F)(F)F)c1. The molecule has 0 saturated carbocycles. The second-order valence-electron chi connectivity index (χ2n) is 4.48. The molecule has 0 saturated heterocycles. The summed E-state index contributed by atoms with van der Waals surface area (Å²) in [5.74, 6) is -0.148. The summed E-state index contributed by atoms with van der Waals surface area (Å²) in [5, 5.41) is 10.6. The normalized spacial score (nSPS) is 11.7. The summed E-state index contributed by atoms with van der Waals surface area (Å²) in [7, 11) is 3.71. The first-order chi connectivity index (χ1) is 9.20. The van der Waals surface area contributed by atoms with Gasteiger partial charge in [-0.2, -0.15) is 13.2 Å². The predicted octanol–water partition coefficient (Wildman–Crippen LogP) is 2.94. The smallest absolute Gasteiger partial charge is 0.416 e. The summed E-state index contributed by atoms with van der Waals surface area (Å²) in [6.45, 7) is 0.900. The maximum atomic E-state index is 12.6. The molecule has 0 aliphatic carbocycles. The van der Waals surface area contributed by atoms with Crippen LogP contribution < -0.4 is 4.74 Å². The van der Waals surface area contributed by atoms with Crippen LogP contribution in [0.1, 0.15) is 12.0 Å². The number of nitro groups is 1. The minimum atomic E-state index is -4.65. The zero-order chi connectivity index (χ0) is 15.3. The molecule has 5 nitrogen and oxygen atoms in total. The third-order valence-electron chi connectivity index (χ3n) is 2.45. The topological polar surface area (TPSA) is 55.6 Å². The number of ether oxygens (including phenoxy) is 1. The number of benzene rings is 1. The van der Waals surface area contributed by atoms with E-state index in [2.05, 4.69) is 0 Å². The highest BCUT2D eigenvalue weighted by Crippen LogP contribution is 2.34. The molecule has 0 aliphatic rings. The Morgan fingerprint density at radius 2 is 1.95 bits per heavy atom. The third-order valence-corrected chi connectivity index (χ3v) is 2.45. The van der Waals surface area contributed by atoms with Gasteiger partial charge in [-0.3, -0.25) is 10.1 Å². The molecule has 0 fully saturated rings. The van der Waals surface area contributed by atoms with E-state index in [0.717, 1.165) is 12.1 Å². The van der Waals surface area contributed by atoms with Crippen LogP contribution in [0.15, 0.2) is 18.2 Å². The minimum absolute atomic E-state index is 0.148. The van der Waals surface area contributed by atoms with E-state index < -0.39 is 22.4 Å². The number of alkyl halides is 3. The van der Waals surface area contributed by atoms with Crippen molar-refractivity contribution < 1.29 is 22.8 Å². The lowest BCUT2D eigenvalue weighted by Crippen LogP contribution is -2.15. The minimum Gasteiger partial charge on any atom is -0.493 e. The van der Waals surface area contributed by atoms with Gasteiger partial charge in [-0.15, -0.1) is 0 Å². The first-order valence-electron chi connectivity index (χ1n) is 5.84. The van der Waals surface area contributed by atoms with Gasteiger partial charge in [0.2, 0.25) is 0 Å². The molecule has 0 bridgehead atoms. The number of halogens is 3. The Kier molecular flexibility index (Phi) is 5.32. The van der Waals surface area contributed by atoms with Crippen molar-refractivity contribution in [2.75, 3.05) is 27.2 Å². The summed E-state index contributed by atoms with van der Waals surface area (Å²) < 4.78 is 43.0. The first kappa shape index (κ1) is 16.2. The van der Waals surface area contributed by atoms with Crippen LogP contribution in [0.5, 0.6) is 5.75 Å². The van der Waals surface area contributed by atoms with E-state index in [1.807, 2.05) is 19.0 Å². The highest BCUT2D eigenvalue weighted by Gasteiger charge is 2.33. The fraction of sp³-hybridized carbons (Fsp3) is 0.500. The van der Waals surface area contributed by atoms with Gasteiger partial charge >= 0.3 is 6.18 Å². The lowest BCUT2D eigenvalue weighted by molar-refractivity contribution is -0.385. The molecule has 0 atom stereocenters. The number of non-ortho nitro benzene ring substituents is 1. The van der Waals surface area contributed by atoms with Crippen LogP contribution >= 0.6 is 0 Å². The highest BCUT2D eigenvalue weighted by atomic mass is 19.4. The van der Waals surface area contributed by atoms with Crippen LogP contribution in [0.25, 0.3) is 0 Å². The average molecular weight is 292 g/mol. The van der Waals surface area contributed by atoms with Crippen LogP contribution in [-0.4, -0.2) is 37.1 Å².